The number of hydrogen-bond donors (Lipinski definition) is 5. The number of fused-ring (bicyclic) bond motifs is 6. The third-order valence-corrected chi connectivity index (χ3v) is 14.5. The summed E-state index contributed by atoms with van der Waals surface area (Å²) in [5, 5.41) is 46.3. The Morgan fingerprint density at radius 3 is 1.43 bits per heavy atom. The Kier molecular flexibility index (Phi) is 18.3. The number of benzene rings is 4. The number of carbonyl (C=O) groups excluding carboxylic acids is 1. The number of hydrogen-bond acceptors (Lipinski definition) is 14. The molecule has 0 amide bonds. The van der Waals surface area contributed by atoms with E-state index in [1.165, 1.54) is 12.1 Å². The summed E-state index contributed by atoms with van der Waals surface area (Å²) in [7, 11) is 0. The number of aliphatic hydroxyl groups is 4. The molecule has 2 heterocycles. The number of carboxylic acid groups (broad SMARTS) is 1. The number of rotatable bonds is 19. The van der Waals surface area contributed by atoms with Crippen LogP contribution in [0, 0.1) is 63.0 Å². The van der Waals surface area contributed by atoms with Gasteiger partial charge in [-0.25, -0.2) is 18.7 Å². The molecule has 2 aromatic heterocycles. The molecule has 8 atom stereocenters. The summed E-state index contributed by atoms with van der Waals surface area (Å²) >= 11 is 0. The second-order valence-corrected chi connectivity index (χ2v) is 19.7. The van der Waals surface area contributed by atoms with Gasteiger partial charge in [0, 0.05) is 47.5 Å². The molecular weight excluding hydrogens is 978 g/mol. The molecule has 396 valence electrons. The minimum absolute atomic E-state index is 0. The van der Waals surface area contributed by atoms with Gasteiger partial charge in [-0.2, -0.15) is 0 Å². The zero-order valence-corrected chi connectivity index (χ0v) is 43.3. The molecule has 0 saturated heterocycles. The molecule has 4 aliphatic rings. The molecule has 15 nitrogen and oxygen atoms in total. The minimum Gasteiger partial charge on any atom is -0.870 e. The Bertz CT molecular complexity index is 3060. The maximum Gasteiger partial charge on any atom is 1.00 e. The fourth-order valence-electron chi connectivity index (χ4n) is 11.0. The van der Waals surface area contributed by atoms with E-state index in [0.29, 0.717) is 47.4 Å². The maximum absolute atomic E-state index is 14.7. The van der Waals surface area contributed by atoms with E-state index >= 15 is 0 Å². The summed E-state index contributed by atoms with van der Waals surface area (Å²) in [4.78, 5) is 32.2. The van der Waals surface area contributed by atoms with Crippen LogP contribution in [0.1, 0.15) is 74.4 Å². The Balaban J connectivity index is 0.000000216. The first-order chi connectivity index (χ1) is 35.6. The first-order valence-electron chi connectivity index (χ1n) is 24.8. The number of aryl methyl sites for hydroxylation is 4. The van der Waals surface area contributed by atoms with Crippen molar-refractivity contribution < 1.29 is 91.9 Å². The predicted octanol–water partition coefficient (Wildman–Crippen LogP) is 4.88. The van der Waals surface area contributed by atoms with Gasteiger partial charge in [-0.3, -0.25) is 9.59 Å². The molecule has 0 aliphatic heterocycles. The molecular formula is C58H61F2LiN2O13. The normalized spacial score (nSPS) is 19.6. The van der Waals surface area contributed by atoms with Gasteiger partial charge >= 0.3 is 30.8 Å². The molecule has 6 aromatic rings. The number of aliphatic carboxylic acids is 1. The van der Waals surface area contributed by atoms with Crippen LogP contribution in [0.5, 0.6) is 23.3 Å². The monoisotopic (exact) mass is 1040 g/mol. The Hall–Kier alpha value is -6.42. The van der Waals surface area contributed by atoms with Gasteiger partial charge in [0.05, 0.1) is 31.7 Å². The van der Waals surface area contributed by atoms with Crippen molar-refractivity contribution in [3.05, 3.63) is 152 Å². The van der Waals surface area contributed by atoms with E-state index in [2.05, 4.69) is 9.97 Å². The van der Waals surface area contributed by atoms with E-state index in [9.17, 15) is 33.7 Å². The van der Waals surface area contributed by atoms with Gasteiger partial charge in [0.1, 0.15) is 61.8 Å². The fraction of sp³-hybridized carbons (Fsp3) is 0.379. The molecule has 4 aromatic carbocycles. The van der Waals surface area contributed by atoms with Crippen molar-refractivity contribution in [2.75, 3.05) is 33.0 Å². The topological polar surface area (TPSA) is 237 Å². The van der Waals surface area contributed by atoms with Gasteiger partial charge in [0.15, 0.2) is 0 Å². The van der Waals surface area contributed by atoms with Crippen LogP contribution in [0.2, 0.25) is 0 Å². The summed E-state index contributed by atoms with van der Waals surface area (Å²) in [6.45, 7) is 9.26. The van der Waals surface area contributed by atoms with Gasteiger partial charge in [0.25, 0.3) is 0 Å². The molecule has 2 unspecified atom stereocenters. The second-order valence-electron chi connectivity index (χ2n) is 19.7. The Labute approximate surface area is 451 Å². The van der Waals surface area contributed by atoms with Crippen LogP contribution in [-0.4, -0.2) is 98.2 Å². The molecule has 6 N–H and O–H groups in total. The standard InChI is InChI=1S/C30H32FNO6.C28H28FNO6.Li.H2O/c1-4-36-30(35)29-23-10-19-11-26(32-12-24(19)28(23)29)38-14-20-9-18(5-6-25(20)31)27-16(2)7-22(8-17(27)3)37-15-21(34)13-33;1-14-5-20(35-13-19(32)11-31)6-15(2)25(14)16-3-4-23(29)18(7-16)12-36-24-9-17-8-21-26(22(17)10-30-24)27(21)28(33)34;;/h5-9,11-12,21,23,28-29,33-34H,4,10,13-15H2,1-3H3;3-7,9-10,19,21,26-27,31-32H,8,11-13H2,1-2H3,(H,33,34);;1H2/q;;+1;/p-1/t21?,23-,28-,29+;19?,21-,26-,27+;;/m11../s1. The quantitative estimate of drug-likeness (QED) is 0.0537. The third-order valence-electron chi connectivity index (χ3n) is 14.5. The number of pyridine rings is 2. The van der Waals surface area contributed by atoms with Crippen LogP contribution < -0.4 is 37.8 Å². The van der Waals surface area contributed by atoms with E-state index in [0.717, 1.165) is 73.2 Å². The van der Waals surface area contributed by atoms with Crippen LogP contribution >= 0.6 is 0 Å². The van der Waals surface area contributed by atoms with Gasteiger partial charge in [-0.05, 0) is 175 Å². The summed E-state index contributed by atoms with van der Waals surface area (Å²) in [5.74, 6) is 0.681. The van der Waals surface area contributed by atoms with Gasteiger partial charge in [0.2, 0.25) is 11.8 Å². The predicted molar refractivity (Wildman–Crippen MR) is 270 cm³/mol. The summed E-state index contributed by atoms with van der Waals surface area (Å²) in [6, 6.07) is 21.0. The van der Waals surface area contributed by atoms with Crippen molar-refractivity contribution in [3.8, 4) is 45.5 Å². The van der Waals surface area contributed by atoms with Gasteiger partial charge in [-0.1, -0.05) is 12.1 Å². The molecule has 10 rings (SSSR count). The zero-order valence-electron chi connectivity index (χ0n) is 43.3. The number of aliphatic hydroxyl groups excluding tert-OH is 4. The van der Waals surface area contributed by atoms with E-state index < -0.39 is 18.2 Å². The largest absolute Gasteiger partial charge is 1.00 e. The molecule has 2 fully saturated rings. The SMILES string of the molecule is CCOC(=O)[C@H]1[C@@H]2Cc3cc(OCc4cc(-c5c(C)cc(OCC(O)CO)cc5C)ccc4F)ncc3[C@@H]21.Cc1cc(OCC(O)CO)cc(C)c1-c1ccc(F)c(COc2cc3c(cn2)[C@H]2[C@@H](C3)[C@@H]2C(=O)O)c1.[Li+].[OH-]. The van der Waals surface area contributed by atoms with Crippen LogP contribution in [-0.2, 0) is 40.4 Å². The van der Waals surface area contributed by atoms with Crippen molar-refractivity contribution >= 4 is 11.9 Å². The van der Waals surface area contributed by atoms with Crippen molar-refractivity contribution in [3.63, 3.8) is 0 Å². The molecule has 2 saturated carbocycles. The van der Waals surface area contributed by atoms with Crippen LogP contribution in [0.15, 0.2) is 85.2 Å². The average Bonchev–Trinajstić information content (AvgIpc) is 4.26. The average molecular weight is 1040 g/mol. The number of carboxylic acids is 1. The molecule has 76 heavy (non-hydrogen) atoms. The fourth-order valence-corrected chi connectivity index (χ4v) is 11.0. The second kappa shape index (κ2) is 24.3. The number of carbonyl (C=O) groups is 2. The summed E-state index contributed by atoms with van der Waals surface area (Å²) in [5.41, 5.74) is 12.4. The van der Waals surface area contributed by atoms with Crippen LogP contribution in [0.3, 0.4) is 0 Å². The van der Waals surface area contributed by atoms with Crippen molar-refractivity contribution in [2.45, 2.75) is 84.7 Å². The smallest absolute Gasteiger partial charge is 0.870 e. The Morgan fingerprint density at radius 1 is 0.632 bits per heavy atom. The maximum atomic E-state index is 14.7. The summed E-state index contributed by atoms with van der Waals surface area (Å²) < 4.78 is 57.4. The van der Waals surface area contributed by atoms with Crippen LogP contribution in [0.4, 0.5) is 8.78 Å². The van der Waals surface area contributed by atoms with Gasteiger partial charge in [-0.15, -0.1) is 0 Å². The van der Waals surface area contributed by atoms with Crippen LogP contribution in [0.25, 0.3) is 22.3 Å². The van der Waals surface area contributed by atoms with Crippen molar-refractivity contribution in [1.29, 1.82) is 0 Å². The zero-order chi connectivity index (χ0) is 52.5. The number of nitrogens with zero attached hydrogens (tertiary/aromatic N) is 2. The molecule has 0 radical (unpaired) electrons. The van der Waals surface area contributed by atoms with Crippen molar-refractivity contribution in [2.24, 2.45) is 23.7 Å². The number of ether oxygens (including phenoxy) is 5. The third kappa shape index (κ3) is 12.2. The molecule has 0 bridgehead atoms. The molecule has 18 heteroatoms. The van der Waals surface area contributed by atoms with E-state index in [-0.39, 0.29) is 117 Å². The number of aromatic nitrogens is 2. The van der Waals surface area contributed by atoms with E-state index in [1.807, 2.05) is 71.0 Å². The first kappa shape index (κ1) is 57.3. The first-order valence-corrected chi connectivity index (χ1v) is 24.8. The Morgan fingerprint density at radius 2 is 1.04 bits per heavy atom. The summed E-state index contributed by atoms with van der Waals surface area (Å²) in [6.07, 6.45) is 3.08. The number of esters is 1. The van der Waals surface area contributed by atoms with E-state index in [4.69, 9.17) is 33.9 Å². The minimum atomic E-state index is -0.947. The van der Waals surface area contributed by atoms with Crippen molar-refractivity contribution in [1.82, 2.24) is 9.97 Å². The van der Waals surface area contributed by atoms with E-state index in [1.54, 1.807) is 36.7 Å². The number of halogens is 2. The molecule has 0 spiro atoms. The molecule has 4 aliphatic carbocycles. The van der Waals surface area contributed by atoms with Gasteiger partial charge < -0.3 is 54.7 Å².